The number of rotatable bonds is 4. The lowest BCUT2D eigenvalue weighted by Crippen LogP contribution is -2.32. The van der Waals surface area contributed by atoms with Crippen LogP contribution in [-0.2, 0) is 25.8 Å². The predicted molar refractivity (Wildman–Crippen MR) is 90.9 cm³/mol. The summed E-state index contributed by atoms with van der Waals surface area (Å²) < 4.78 is 2.15. The third-order valence-electron chi connectivity index (χ3n) is 4.87. The molecule has 2 aromatic rings. The van der Waals surface area contributed by atoms with Crippen LogP contribution in [0.15, 0.2) is 17.1 Å². The van der Waals surface area contributed by atoms with E-state index in [0.29, 0.717) is 37.1 Å². The minimum atomic E-state index is -0.450. The van der Waals surface area contributed by atoms with Crippen molar-refractivity contribution in [3.05, 3.63) is 51.0 Å². The standard InChI is InChI=1S/C18H20N4O3/c23-15-4-1-3-14-12(15)9-13(18(25)21-14)17(24)19-7-6-11-10-22-8-2-5-16(22)20-11/h9-10H,1-8H2,(H,19,24)(H,21,25). The van der Waals surface area contributed by atoms with Crippen LogP contribution >= 0.6 is 0 Å². The fourth-order valence-corrected chi connectivity index (χ4v) is 3.58. The van der Waals surface area contributed by atoms with E-state index in [2.05, 4.69) is 19.9 Å². The highest BCUT2D eigenvalue weighted by atomic mass is 16.2. The molecule has 2 aliphatic rings. The Morgan fingerprint density at radius 1 is 1.24 bits per heavy atom. The van der Waals surface area contributed by atoms with E-state index >= 15 is 0 Å². The molecule has 0 unspecified atom stereocenters. The zero-order chi connectivity index (χ0) is 17.4. The first-order valence-electron chi connectivity index (χ1n) is 8.74. The van der Waals surface area contributed by atoms with Gasteiger partial charge in [0, 0.05) is 49.8 Å². The highest BCUT2D eigenvalue weighted by Gasteiger charge is 2.22. The maximum absolute atomic E-state index is 12.3. The fraction of sp³-hybridized carbons (Fsp3) is 0.444. The van der Waals surface area contributed by atoms with Gasteiger partial charge in [0.15, 0.2) is 5.78 Å². The molecule has 0 aromatic carbocycles. The number of carbonyl (C=O) groups excluding carboxylic acids is 2. The summed E-state index contributed by atoms with van der Waals surface area (Å²) in [6.07, 6.45) is 6.66. The quantitative estimate of drug-likeness (QED) is 0.868. The summed E-state index contributed by atoms with van der Waals surface area (Å²) in [4.78, 5) is 43.7. The molecule has 7 nitrogen and oxygen atoms in total. The van der Waals surface area contributed by atoms with Gasteiger partial charge >= 0.3 is 0 Å². The number of aryl methyl sites for hydroxylation is 3. The number of aromatic nitrogens is 3. The second kappa shape index (κ2) is 6.31. The van der Waals surface area contributed by atoms with Crippen molar-refractivity contribution in [2.45, 2.75) is 45.1 Å². The summed E-state index contributed by atoms with van der Waals surface area (Å²) in [5.41, 5.74) is 1.63. The topological polar surface area (TPSA) is 96.9 Å². The van der Waals surface area contributed by atoms with Crippen molar-refractivity contribution in [1.82, 2.24) is 19.9 Å². The van der Waals surface area contributed by atoms with Crippen molar-refractivity contribution in [1.29, 1.82) is 0 Å². The molecule has 0 atom stereocenters. The Labute approximate surface area is 144 Å². The first-order valence-corrected chi connectivity index (χ1v) is 8.74. The minimum absolute atomic E-state index is 0.00124. The van der Waals surface area contributed by atoms with Crippen LogP contribution in [0.2, 0.25) is 0 Å². The van der Waals surface area contributed by atoms with Crippen molar-refractivity contribution in [3.8, 4) is 0 Å². The molecular formula is C18H20N4O3. The molecule has 4 rings (SSSR count). The summed E-state index contributed by atoms with van der Waals surface area (Å²) >= 11 is 0. The average molecular weight is 340 g/mol. The van der Waals surface area contributed by atoms with E-state index in [1.54, 1.807) is 0 Å². The first-order chi connectivity index (χ1) is 12.1. The maximum Gasteiger partial charge on any atom is 0.261 e. The Hall–Kier alpha value is -2.70. The molecule has 1 aliphatic carbocycles. The highest BCUT2D eigenvalue weighted by molar-refractivity contribution is 6.01. The average Bonchev–Trinajstić information content (AvgIpc) is 3.16. The number of Topliss-reactive ketones (excluding diaryl/α,β-unsaturated/α-hetero) is 1. The molecule has 0 bridgehead atoms. The molecule has 7 heteroatoms. The van der Waals surface area contributed by atoms with E-state index in [1.807, 2.05) is 6.20 Å². The predicted octanol–water partition coefficient (Wildman–Crippen LogP) is 1.01. The SMILES string of the molecule is O=C1CCCc2[nH]c(=O)c(C(=O)NCCc3cn4c(n3)CCC4)cc21. The summed E-state index contributed by atoms with van der Waals surface area (Å²) in [7, 11) is 0. The highest BCUT2D eigenvalue weighted by Crippen LogP contribution is 2.18. The number of aromatic amines is 1. The van der Waals surface area contributed by atoms with E-state index in [1.165, 1.54) is 6.07 Å². The minimum Gasteiger partial charge on any atom is -0.351 e. The van der Waals surface area contributed by atoms with E-state index in [9.17, 15) is 14.4 Å². The number of hydrogen-bond acceptors (Lipinski definition) is 4. The summed E-state index contributed by atoms with van der Waals surface area (Å²) in [6.45, 7) is 1.41. The molecule has 130 valence electrons. The van der Waals surface area contributed by atoms with Crippen LogP contribution in [0.5, 0.6) is 0 Å². The molecular weight excluding hydrogens is 320 g/mol. The number of fused-ring (bicyclic) bond motifs is 2. The molecule has 2 N–H and O–H groups in total. The van der Waals surface area contributed by atoms with Crippen LogP contribution in [0.3, 0.4) is 0 Å². The molecule has 3 heterocycles. The van der Waals surface area contributed by atoms with Crippen LogP contribution in [0, 0.1) is 0 Å². The Morgan fingerprint density at radius 2 is 2.12 bits per heavy atom. The number of pyridine rings is 1. The summed E-state index contributed by atoms with van der Waals surface area (Å²) in [5, 5.41) is 2.76. The molecule has 0 spiro atoms. The fourth-order valence-electron chi connectivity index (χ4n) is 3.58. The molecule has 0 saturated heterocycles. The monoisotopic (exact) mass is 340 g/mol. The van der Waals surface area contributed by atoms with Crippen molar-refractivity contribution < 1.29 is 9.59 Å². The molecule has 25 heavy (non-hydrogen) atoms. The van der Waals surface area contributed by atoms with Gasteiger partial charge in [-0.15, -0.1) is 0 Å². The number of nitrogens with one attached hydrogen (secondary N) is 2. The Bertz CT molecular complexity index is 888. The summed E-state index contributed by atoms with van der Waals surface area (Å²) in [5.74, 6) is 0.638. The Morgan fingerprint density at radius 3 is 2.96 bits per heavy atom. The number of H-pyrrole nitrogens is 1. The van der Waals surface area contributed by atoms with Gasteiger partial charge in [0.25, 0.3) is 11.5 Å². The van der Waals surface area contributed by atoms with Gasteiger partial charge in [-0.2, -0.15) is 0 Å². The third-order valence-corrected chi connectivity index (χ3v) is 4.87. The Kier molecular flexibility index (Phi) is 3.99. The van der Waals surface area contributed by atoms with Gasteiger partial charge in [-0.1, -0.05) is 0 Å². The second-order valence-corrected chi connectivity index (χ2v) is 6.63. The zero-order valence-corrected chi connectivity index (χ0v) is 13.9. The molecule has 1 aliphatic heterocycles. The van der Waals surface area contributed by atoms with E-state index in [0.717, 1.165) is 37.3 Å². The van der Waals surface area contributed by atoms with E-state index in [4.69, 9.17) is 0 Å². The summed E-state index contributed by atoms with van der Waals surface area (Å²) in [6, 6.07) is 1.44. The molecule has 2 aromatic heterocycles. The lowest BCUT2D eigenvalue weighted by Gasteiger charge is -2.15. The van der Waals surface area contributed by atoms with Crippen molar-refractivity contribution in [3.63, 3.8) is 0 Å². The van der Waals surface area contributed by atoms with Gasteiger partial charge in [0.1, 0.15) is 11.4 Å². The van der Waals surface area contributed by atoms with Gasteiger partial charge in [0.2, 0.25) is 0 Å². The smallest absolute Gasteiger partial charge is 0.261 e. The van der Waals surface area contributed by atoms with Gasteiger partial charge in [-0.3, -0.25) is 14.4 Å². The van der Waals surface area contributed by atoms with Crippen LogP contribution in [0.25, 0.3) is 0 Å². The molecule has 1 amide bonds. The molecule has 0 saturated carbocycles. The van der Waals surface area contributed by atoms with E-state index < -0.39 is 11.5 Å². The van der Waals surface area contributed by atoms with E-state index in [-0.39, 0.29) is 11.3 Å². The van der Waals surface area contributed by atoms with Crippen LogP contribution < -0.4 is 10.9 Å². The zero-order valence-electron chi connectivity index (χ0n) is 13.9. The van der Waals surface area contributed by atoms with Crippen molar-refractivity contribution >= 4 is 11.7 Å². The lowest BCUT2D eigenvalue weighted by atomic mass is 9.93. The van der Waals surface area contributed by atoms with Crippen molar-refractivity contribution in [2.24, 2.45) is 0 Å². The van der Waals surface area contributed by atoms with Crippen LogP contribution in [-0.4, -0.2) is 32.8 Å². The van der Waals surface area contributed by atoms with Gasteiger partial charge in [0.05, 0.1) is 5.69 Å². The number of imidazole rings is 1. The first kappa shape index (κ1) is 15.8. The maximum atomic E-state index is 12.3. The molecule has 0 radical (unpaired) electrons. The van der Waals surface area contributed by atoms with Gasteiger partial charge < -0.3 is 14.9 Å². The van der Waals surface area contributed by atoms with Crippen LogP contribution in [0.1, 0.15) is 57.2 Å². The lowest BCUT2D eigenvalue weighted by molar-refractivity contribution is 0.0952. The normalized spacial score (nSPS) is 15.8. The molecule has 0 fully saturated rings. The number of nitrogens with zero attached hydrogens (tertiary/aromatic N) is 2. The Balaban J connectivity index is 1.43. The van der Waals surface area contributed by atoms with Gasteiger partial charge in [-0.05, 0) is 25.3 Å². The van der Waals surface area contributed by atoms with Crippen molar-refractivity contribution in [2.75, 3.05) is 6.54 Å². The van der Waals surface area contributed by atoms with Gasteiger partial charge in [-0.25, -0.2) is 4.98 Å². The number of carbonyl (C=O) groups is 2. The number of amides is 1. The second-order valence-electron chi connectivity index (χ2n) is 6.63. The number of hydrogen-bond donors (Lipinski definition) is 2. The largest absolute Gasteiger partial charge is 0.351 e. The third kappa shape index (κ3) is 3.01. The number of ketones is 1. The van der Waals surface area contributed by atoms with Crippen LogP contribution in [0.4, 0.5) is 0 Å².